The number of hydrogen-bond donors (Lipinski definition) is 1. The van der Waals surface area contributed by atoms with E-state index >= 15 is 0 Å². The third kappa shape index (κ3) is 3.47. The summed E-state index contributed by atoms with van der Waals surface area (Å²) in [4.78, 5) is 23.9. The average Bonchev–Trinajstić information content (AvgIpc) is 2.45. The molecule has 5 nitrogen and oxygen atoms in total. The van der Waals surface area contributed by atoms with E-state index in [1.165, 1.54) is 0 Å². The van der Waals surface area contributed by atoms with Crippen LogP contribution in [0.2, 0.25) is 0 Å². The Labute approximate surface area is 129 Å². The summed E-state index contributed by atoms with van der Waals surface area (Å²) in [5.74, 6) is 0.572. The number of nitrogens with one attached hydrogen (secondary N) is 1. The molecule has 0 aliphatic heterocycles. The van der Waals surface area contributed by atoms with Gasteiger partial charge in [0.2, 0.25) is 5.91 Å². The number of aryl methyl sites for hydroxylation is 1. The summed E-state index contributed by atoms with van der Waals surface area (Å²) < 4.78 is 10.5. The Kier molecular flexibility index (Phi) is 4.85. The lowest BCUT2D eigenvalue weighted by Crippen LogP contribution is -2.30. The molecule has 0 aliphatic carbocycles. The molecular weight excluding hydrogens is 282 g/mol. The summed E-state index contributed by atoms with van der Waals surface area (Å²) in [5, 5.41) is 3.68. The second-order valence-corrected chi connectivity index (χ2v) is 5.58. The smallest absolute Gasteiger partial charge is 0.339 e. The summed E-state index contributed by atoms with van der Waals surface area (Å²) in [6.45, 7) is 5.68. The fraction of sp³-hybridized carbons (Fsp3) is 0.412. The lowest BCUT2D eigenvalue weighted by atomic mass is 10.0. The van der Waals surface area contributed by atoms with Gasteiger partial charge < -0.3 is 14.5 Å². The van der Waals surface area contributed by atoms with Crippen molar-refractivity contribution in [2.75, 3.05) is 7.11 Å². The first-order valence-corrected chi connectivity index (χ1v) is 7.32. The Morgan fingerprint density at radius 1 is 1.36 bits per heavy atom. The lowest BCUT2D eigenvalue weighted by Gasteiger charge is -2.10. The molecule has 1 N–H and O–H groups in total. The molecule has 0 spiro atoms. The van der Waals surface area contributed by atoms with Crippen LogP contribution in [0, 0.1) is 6.92 Å². The molecule has 2 aromatic rings. The average molecular weight is 303 g/mol. The van der Waals surface area contributed by atoms with E-state index in [1.54, 1.807) is 13.2 Å². The van der Waals surface area contributed by atoms with Crippen LogP contribution in [-0.2, 0) is 11.2 Å². The molecule has 0 saturated heterocycles. The quantitative estimate of drug-likeness (QED) is 0.862. The molecular formula is C17H21NO4. The van der Waals surface area contributed by atoms with Gasteiger partial charge in [-0.3, -0.25) is 4.79 Å². The molecule has 0 fully saturated rings. The molecule has 1 aromatic carbocycles. The van der Waals surface area contributed by atoms with Crippen molar-refractivity contribution >= 4 is 16.9 Å². The molecule has 0 saturated carbocycles. The standard InChI is InChI=1S/C17H21NO4/c1-10(2)18-16(19)8-7-14-11(3)13-6-5-12(21-4)9-15(13)22-17(14)20/h5-6,9-10H,7-8H2,1-4H3,(H,18,19). The molecule has 22 heavy (non-hydrogen) atoms. The second-order valence-electron chi connectivity index (χ2n) is 5.58. The van der Waals surface area contributed by atoms with Crippen molar-refractivity contribution in [2.24, 2.45) is 0 Å². The number of benzene rings is 1. The van der Waals surface area contributed by atoms with Crippen LogP contribution in [0.15, 0.2) is 27.4 Å². The number of hydrogen-bond acceptors (Lipinski definition) is 4. The number of carbonyl (C=O) groups is 1. The maximum atomic E-state index is 12.1. The van der Waals surface area contributed by atoms with Crippen molar-refractivity contribution in [3.63, 3.8) is 0 Å². The van der Waals surface area contributed by atoms with E-state index in [2.05, 4.69) is 5.32 Å². The zero-order valence-electron chi connectivity index (χ0n) is 13.4. The van der Waals surface area contributed by atoms with Crippen LogP contribution in [0.4, 0.5) is 0 Å². The molecule has 1 amide bonds. The normalized spacial score (nSPS) is 11.0. The summed E-state index contributed by atoms with van der Waals surface area (Å²) in [6.07, 6.45) is 0.639. The Balaban J connectivity index is 2.31. The first kappa shape index (κ1) is 16.1. The van der Waals surface area contributed by atoms with E-state index in [1.807, 2.05) is 32.9 Å². The largest absolute Gasteiger partial charge is 0.497 e. The molecule has 118 valence electrons. The Morgan fingerprint density at radius 2 is 2.09 bits per heavy atom. The zero-order chi connectivity index (χ0) is 16.3. The van der Waals surface area contributed by atoms with Gasteiger partial charge in [-0.25, -0.2) is 4.79 Å². The van der Waals surface area contributed by atoms with Crippen molar-refractivity contribution in [3.05, 3.63) is 39.7 Å². The third-order valence-corrected chi connectivity index (χ3v) is 3.55. The number of fused-ring (bicyclic) bond motifs is 1. The highest BCUT2D eigenvalue weighted by Crippen LogP contribution is 2.24. The van der Waals surface area contributed by atoms with Crippen molar-refractivity contribution in [1.29, 1.82) is 0 Å². The van der Waals surface area contributed by atoms with Crippen LogP contribution in [0.25, 0.3) is 11.0 Å². The maximum absolute atomic E-state index is 12.1. The number of rotatable bonds is 5. The number of methoxy groups -OCH3 is 1. The van der Waals surface area contributed by atoms with Gasteiger partial charge in [-0.1, -0.05) is 0 Å². The van der Waals surface area contributed by atoms with Gasteiger partial charge in [-0.2, -0.15) is 0 Å². The molecule has 0 bridgehead atoms. The van der Waals surface area contributed by atoms with Gasteiger partial charge in [0.05, 0.1) is 7.11 Å². The molecule has 0 radical (unpaired) electrons. The van der Waals surface area contributed by atoms with E-state index in [0.29, 0.717) is 23.3 Å². The first-order valence-electron chi connectivity index (χ1n) is 7.32. The van der Waals surface area contributed by atoms with Gasteiger partial charge in [0, 0.05) is 29.5 Å². The highest BCUT2D eigenvalue weighted by molar-refractivity contribution is 5.82. The van der Waals surface area contributed by atoms with Crippen LogP contribution in [0.1, 0.15) is 31.4 Å². The summed E-state index contributed by atoms with van der Waals surface area (Å²) in [5.41, 5.74) is 1.51. The minimum Gasteiger partial charge on any atom is -0.497 e. The topological polar surface area (TPSA) is 68.5 Å². The highest BCUT2D eigenvalue weighted by Gasteiger charge is 2.13. The van der Waals surface area contributed by atoms with Gasteiger partial charge >= 0.3 is 5.63 Å². The van der Waals surface area contributed by atoms with Crippen LogP contribution in [0.5, 0.6) is 5.75 Å². The summed E-state index contributed by atoms with van der Waals surface area (Å²) in [6, 6.07) is 5.47. The van der Waals surface area contributed by atoms with Crippen molar-refractivity contribution < 1.29 is 13.9 Å². The molecule has 1 heterocycles. The van der Waals surface area contributed by atoms with Crippen molar-refractivity contribution in [2.45, 2.75) is 39.7 Å². The summed E-state index contributed by atoms with van der Waals surface area (Å²) >= 11 is 0. The zero-order valence-corrected chi connectivity index (χ0v) is 13.4. The highest BCUT2D eigenvalue weighted by atomic mass is 16.5. The van der Waals surface area contributed by atoms with Crippen LogP contribution < -0.4 is 15.7 Å². The van der Waals surface area contributed by atoms with Crippen molar-refractivity contribution in [3.8, 4) is 5.75 Å². The number of amides is 1. The molecule has 0 unspecified atom stereocenters. The van der Waals surface area contributed by atoms with Gasteiger partial charge in [0.25, 0.3) is 0 Å². The van der Waals surface area contributed by atoms with E-state index in [0.717, 1.165) is 10.9 Å². The SMILES string of the molecule is COc1ccc2c(C)c(CCC(=O)NC(C)C)c(=O)oc2c1. The monoisotopic (exact) mass is 303 g/mol. The van der Waals surface area contributed by atoms with Crippen LogP contribution in [0.3, 0.4) is 0 Å². The van der Waals surface area contributed by atoms with E-state index in [-0.39, 0.29) is 18.4 Å². The van der Waals surface area contributed by atoms with E-state index < -0.39 is 5.63 Å². The Hall–Kier alpha value is -2.30. The fourth-order valence-electron chi connectivity index (χ4n) is 2.42. The molecule has 0 atom stereocenters. The minimum absolute atomic E-state index is 0.0661. The van der Waals surface area contributed by atoms with E-state index in [4.69, 9.17) is 9.15 Å². The van der Waals surface area contributed by atoms with Gasteiger partial charge in [-0.05, 0) is 44.9 Å². The van der Waals surface area contributed by atoms with Crippen molar-refractivity contribution in [1.82, 2.24) is 5.32 Å². The van der Waals surface area contributed by atoms with Gasteiger partial charge in [0.15, 0.2) is 0 Å². The molecule has 2 rings (SSSR count). The van der Waals surface area contributed by atoms with Crippen LogP contribution in [-0.4, -0.2) is 19.1 Å². The molecule has 5 heteroatoms. The summed E-state index contributed by atoms with van der Waals surface area (Å²) in [7, 11) is 1.56. The van der Waals surface area contributed by atoms with E-state index in [9.17, 15) is 9.59 Å². The third-order valence-electron chi connectivity index (χ3n) is 3.55. The van der Waals surface area contributed by atoms with Gasteiger partial charge in [0.1, 0.15) is 11.3 Å². The number of ether oxygens (including phenoxy) is 1. The van der Waals surface area contributed by atoms with Gasteiger partial charge in [-0.15, -0.1) is 0 Å². The maximum Gasteiger partial charge on any atom is 0.339 e. The molecule has 1 aromatic heterocycles. The minimum atomic E-state index is -0.393. The fourth-order valence-corrected chi connectivity index (χ4v) is 2.42. The number of carbonyl (C=O) groups excluding carboxylic acids is 1. The lowest BCUT2D eigenvalue weighted by molar-refractivity contribution is -0.121. The Bertz CT molecular complexity index is 746. The predicted molar refractivity (Wildman–Crippen MR) is 85.4 cm³/mol. The predicted octanol–water partition coefficient (Wildman–Crippen LogP) is 2.57. The van der Waals surface area contributed by atoms with Crippen LogP contribution >= 0.6 is 0 Å². The Morgan fingerprint density at radius 3 is 2.73 bits per heavy atom. The first-order chi connectivity index (χ1) is 10.4. The molecule has 0 aliphatic rings. The second kappa shape index (κ2) is 6.64.